The highest BCUT2D eigenvalue weighted by atomic mass is 35.5. The molecule has 0 aliphatic carbocycles. The van der Waals surface area contributed by atoms with E-state index in [1.165, 1.54) is 18.2 Å². The first-order chi connectivity index (χ1) is 14.9. The molecular formula is C21H24ClN5O4. The van der Waals surface area contributed by atoms with Gasteiger partial charge >= 0.3 is 0 Å². The average molecular weight is 446 g/mol. The molecule has 1 saturated heterocycles. The van der Waals surface area contributed by atoms with Crippen molar-refractivity contribution in [2.24, 2.45) is 0 Å². The summed E-state index contributed by atoms with van der Waals surface area (Å²) in [6.07, 6.45) is 0.287. The number of amides is 2. The molecule has 1 aliphatic heterocycles. The summed E-state index contributed by atoms with van der Waals surface area (Å²) >= 11 is 6.07. The molecule has 2 N–H and O–H groups in total. The van der Waals surface area contributed by atoms with Gasteiger partial charge in [0.15, 0.2) is 0 Å². The second-order valence-electron chi connectivity index (χ2n) is 7.25. The van der Waals surface area contributed by atoms with Crippen LogP contribution in [0.5, 0.6) is 0 Å². The van der Waals surface area contributed by atoms with Crippen molar-refractivity contribution < 1.29 is 14.5 Å². The quantitative estimate of drug-likeness (QED) is 0.478. The summed E-state index contributed by atoms with van der Waals surface area (Å²) in [5, 5.41) is 16.8. The van der Waals surface area contributed by atoms with E-state index in [0.717, 1.165) is 26.2 Å². The van der Waals surface area contributed by atoms with Gasteiger partial charge in [-0.25, -0.2) is 0 Å². The number of para-hydroxylation sites is 1. The second-order valence-corrected chi connectivity index (χ2v) is 7.66. The van der Waals surface area contributed by atoms with Crippen molar-refractivity contribution in [2.75, 3.05) is 49.9 Å². The van der Waals surface area contributed by atoms with Crippen molar-refractivity contribution in [3.8, 4) is 0 Å². The van der Waals surface area contributed by atoms with Crippen LogP contribution in [0.3, 0.4) is 0 Å². The second kappa shape index (κ2) is 10.9. The summed E-state index contributed by atoms with van der Waals surface area (Å²) in [5.41, 5.74) is 0.948. The Labute approximate surface area is 185 Å². The van der Waals surface area contributed by atoms with Crippen molar-refractivity contribution in [1.29, 1.82) is 0 Å². The van der Waals surface area contributed by atoms with E-state index < -0.39 is 4.92 Å². The highest BCUT2D eigenvalue weighted by molar-refractivity contribution is 6.33. The van der Waals surface area contributed by atoms with Crippen LogP contribution in [0.25, 0.3) is 0 Å². The number of carbonyl (C=O) groups is 2. The van der Waals surface area contributed by atoms with Crippen molar-refractivity contribution in [1.82, 2.24) is 9.80 Å². The lowest BCUT2D eigenvalue weighted by Crippen LogP contribution is -2.49. The minimum Gasteiger partial charge on any atom is -0.326 e. The molecule has 31 heavy (non-hydrogen) atoms. The lowest BCUT2D eigenvalue weighted by Gasteiger charge is -2.34. The van der Waals surface area contributed by atoms with E-state index in [1.54, 1.807) is 24.3 Å². The lowest BCUT2D eigenvalue weighted by atomic mass is 10.2. The van der Waals surface area contributed by atoms with E-state index in [2.05, 4.69) is 20.4 Å². The fourth-order valence-electron chi connectivity index (χ4n) is 3.31. The summed E-state index contributed by atoms with van der Waals surface area (Å²) in [6, 6.07) is 13.0. The number of carbonyl (C=O) groups excluding carboxylic acids is 2. The molecule has 2 aromatic carbocycles. The number of hydrogen-bond donors (Lipinski definition) is 2. The van der Waals surface area contributed by atoms with Crippen molar-refractivity contribution in [2.45, 2.75) is 6.42 Å². The van der Waals surface area contributed by atoms with Gasteiger partial charge in [-0.3, -0.25) is 24.6 Å². The maximum Gasteiger partial charge on any atom is 0.271 e. The van der Waals surface area contributed by atoms with Gasteiger partial charge in [-0.15, -0.1) is 0 Å². The van der Waals surface area contributed by atoms with Gasteiger partial charge in [0, 0.05) is 57.0 Å². The third-order valence-electron chi connectivity index (χ3n) is 4.98. The minimum atomic E-state index is -0.496. The van der Waals surface area contributed by atoms with Gasteiger partial charge in [0.1, 0.15) is 0 Å². The van der Waals surface area contributed by atoms with Gasteiger partial charge in [0.2, 0.25) is 11.8 Å². The van der Waals surface area contributed by atoms with E-state index >= 15 is 0 Å². The highest BCUT2D eigenvalue weighted by Gasteiger charge is 2.20. The maximum atomic E-state index is 12.2. The fourth-order valence-corrected chi connectivity index (χ4v) is 3.49. The molecular weight excluding hydrogens is 422 g/mol. The predicted octanol–water partition coefficient (Wildman–Crippen LogP) is 2.83. The monoisotopic (exact) mass is 445 g/mol. The highest BCUT2D eigenvalue weighted by Crippen LogP contribution is 2.20. The molecule has 0 atom stereocenters. The molecule has 2 amide bonds. The Kier molecular flexibility index (Phi) is 7.94. The van der Waals surface area contributed by atoms with Crippen LogP contribution >= 0.6 is 11.6 Å². The molecule has 164 valence electrons. The minimum absolute atomic E-state index is 0.0625. The number of nitro benzene ring substituents is 1. The van der Waals surface area contributed by atoms with Gasteiger partial charge in [-0.1, -0.05) is 29.8 Å². The molecule has 0 bridgehead atoms. The van der Waals surface area contributed by atoms with Crippen LogP contribution in [0.4, 0.5) is 17.1 Å². The van der Waals surface area contributed by atoms with Crippen LogP contribution in [0.15, 0.2) is 48.5 Å². The standard InChI is InChI=1S/C21H24ClN5O4/c22-18-6-1-2-7-19(18)24-21(29)15-26-12-10-25(11-13-26)9-8-20(28)23-16-4-3-5-17(14-16)27(30)31/h1-7,14H,8-13,15H2,(H,23,28)(H,24,29). The number of piperazine rings is 1. The van der Waals surface area contributed by atoms with Crippen LogP contribution in [0.1, 0.15) is 6.42 Å². The molecule has 10 heteroatoms. The molecule has 1 fully saturated rings. The molecule has 3 rings (SSSR count). The third-order valence-corrected chi connectivity index (χ3v) is 5.31. The van der Waals surface area contributed by atoms with Gasteiger partial charge in [0.05, 0.1) is 22.2 Å². The molecule has 0 spiro atoms. The number of benzene rings is 2. The van der Waals surface area contributed by atoms with Crippen molar-refractivity contribution >= 4 is 40.5 Å². The smallest absolute Gasteiger partial charge is 0.271 e. The first-order valence-corrected chi connectivity index (χ1v) is 10.3. The summed E-state index contributed by atoms with van der Waals surface area (Å²) in [5.74, 6) is -0.306. The Hall–Kier alpha value is -3.01. The molecule has 1 heterocycles. The predicted molar refractivity (Wildman–Crippen MR) is 119 cm³/mol. The Morgan fingerprint density at radius 3 is 2.39 bits per heavy atom. The van der Waals surface area contributed by atoms with Crippen LogP contribution in [-0.4, -0.2) is 65.8 Å². The first kappa shape index (κ1) is 22.7. The normalized spacial score (nSPS) is 14.7. The zero-order valence-electron chi connectivity index (χ0n) is 16.9. The molecule has 0 saturated carbocycles. The Balaban J connectivity index is 1.36. The number of nitrogens with one attached hydrogen (secondary N) is 2. The molecule has 0 radical (unpaired) electrons. The van der Waals surface area contributed by atoms with Crippen LogP contribution in [0.2, 0.25) is 5.02 Å². The van der Waals surface area contributed by atoms with Gasteiger partial charge in [-0.05, 0) is 18.2 Å². The third kappa shape index (κ3) is 7.02. The van der Waals surface area contributed by atoms with E-state index in [1.807, 2.05) is 6.07 Å². The van der Waals surface area contributed by atoms with E-state index in [-0.39, 0.29) is 30.5 Å². The molecule has 1 aliphatic rings. The van der Waals surface area contributed by atoms with Gasteiger partial charge < -0.3 is 15.5 Å². The summed E-state index contributed by atoms with van der Waals surface area (Å²) in [7, 11) is 0. The number of nitrogens with zero attached hydrogens (tertiary/aromatic N) is 3. The molecule has 9 nitrogen and oxygen atoms in total. The van der Waals surface area contributed by atoms with Crippen molar-refractivity contribution in [3.63, 3.8) is 0 Å². The Morgan fingerprint density at radius 1 is 0.968 bits per heavy atom. The van der Waals surface area contributed by atoms with Crippen LogP contribution in [-0.2, 0) is 9.59 Å². The maximum absolute atomic E-state index is 12.2. The van der Waals surface area contributed by atoms with Gasteiger partial charge in [0.25, 0.3) is 5.69 Å². The fraction of sp³-hybridized carbons (Fsp3) is 0.333. The zero-order chi connectivity index (χ0) is 22.2. The lowest BCUT2D eigenvalue weighted by molar-refractivity contribution is -0.384. The van der Waals surface area contributed by atoms with Gasteiger partial charge in [-0.2, -0.15) is 0 Å². The molecule has 0 unspecified atom stereocenters. The van der Waals surface area contributed by atoms with Crippen LogP contribution in [0, 0.1) is 10.1 Å². The van der Waals surface area contributed by atoms with E-state index in [4.69, 9.17) is 11.6 Å². The molecule has 2 aromatic rings. The number of hydrogen-bond acceptors (Lipinski definition) is 6. The number of rotatable bonds is 8. The van der Waals surface area contributed by atoms with E-state index in [0.29, 0.717) is 22.9 Å². The van der Waals surface area contributed by atoms with Crippen molar-refractivity contribution in [3.05, 3.63) is 63.7 Å². The Bertz CT molecular complexity index is 947. The summed E-state index contributed by atoms with van der Waals surface area (Å²) in [4.78, 5) is 39.0. The largest absolute Gasteiger partial charge is 0.326 e. The topological polar surface area (TPSA) is 108 Å². The number of nitro groups is 1. The SMILES string of the molecule is O=C(CCN1CCN(CC(=O)Nc2ccccc2Cl)CC1)Nc1cccc([N+](=O)[O-])c1. The van der Waals surface area contributed by atoms with Crippen LogP contribution < -0.4 is 10.6 Å². The molecule has 0 aromatic heterocycles. The summed E-state index contributed by atoms with van der Waals surface area (Å²) < 4.78 is 0. The zero-order valence-corrected chi connectivity index (χ0v) is 17.7. The van der Waals surface area contributed by atoms with E-state index in [9.17, 15) is 19.7 Å². The summed E-state index contributed by atoms with van der Waals surface area (Å²) in [6.45, 7) is 3.82. The number of halogens is 1. The Morgan fingerprint density at radius 2 is 1.68 bits per heavy atom. The number of non-ortho nitro benzene ring substituents is 1. The number of anilines is 2. The average Bonchev–Trinajstić information content (AvgIpc) is 2.75. The first-order valence-electron chi connectivity index (χ1n) is 9.94.